The molecule has 1 aromatic carbocycles. The highest BCUT2D eigenvalue weighted by Gasteiger charge is 2.39. The fraction of sp³-hybridized carbons (Fsp3) is 0.522. The zero-order valence-electron chi connectivity index (χ0n) is 17.0. The van der Waals surface area contributed by atoms with E-state index >= 15 is 0 Å². The van der Waals surface area contributed by atoms with Crippen LogP contribution in [0.15, 0.2) is 48.6 Å². The fourth-order valence-corrected chi connectivity index (χ4v) is 3.99. The second-order valence-corrected chi connectivity index (χ2v) is 7.96. The maximum Gasteiger partial charge on any atom is 0.416 e. The molecule has 0 amide bonds. The minimum atomic E-state index is -4.49. The highest BCUT2D eigenvalue weighted by Crippen LogP contribution is 2.36. The van der Waals surface area contributed by atoms with Crippen molar-refractivity contribution in [3.05, 3.63) is 54.1 Å². The molecule has 1 aromatic rings. The van der Waals surface area contributed by atoms with Crippen molar-refractivity contribution in [3.63, 3.8) is 0 Å². The largest absolute Gasteiger partial charge is 0.489 e. The third-order valence-corrected chi connectivity index (χ3v) is 5.65. The molecule has 3 rings (SSSR count). The molecule has 170 valence electrons. The van der Waals surface area contributed by atoms with Gasteiger partial charge >= 0.3 is 12.1 Å². The lowest BCUT2D eigenvalue weighted by molar-refractivity contribution is -0.148. The minimum Gasteiger partial charge on any atom is -0.489 e. The van der Waals surface area contributed by atoms with Crippen LogP contribution in [0.3, 0.4) is 0 Å². The van der Waals surface area contributed by atoms with Crippen molar-refractivity contribution in [2.24, 2.45) is 11.8 Å². The number of aliphatic hydroxyl groups excluding tert-OH is 2. The average molecular weight is 440 g/mol. The van der Waals surface area contributed by atoms with Crippen LogP contribution in [0.2, 0.25) is 0 Å². The Balaban J connectivity index is 1.74. The summed E-state index contributed by atoms with van der Waals surface area (Å²) in [6, 6.07) is 4.49. The van der Waals surface area contributed by atoms with Gasteiger partial charge in [0.1, 0.15) is 12.4 Å². The number of allylic oxidation sites excluding steroid dienone is 2. The maximum absolute atomic E-state index is 12.9. The predicted molar refractivity (Wildman–Crippen MR) is 107 cm³/mol. The number of esters is 1. The highest BCUT2D eigenvalue weighted by atomic mass is 19.4. The maximum atomic E-state index is 12.9. The van der Waals surface area contributed by atoms with Crippen LogP contribution < -0.4 is 4.74 Å². The second-order valence-electron chi connectivity index (χ2n) is 7.96. The normalized spacial score (nSPS) is 30.0. The first-order valence-corrected chi connectivity index (χ1v) is 10.4. The third kappa shape index (κ3) is 6.58. The molecule has 0 aromatic heterocycles. The number of ether oxygens (including phenoxy) is 2. The number of carbonyl (C=O) groups excluding carboxylic acids is 1. The molecule has 0 saturated heterocycles. The van der Waals surface area contributed by atoms with Crippen molar-refractivity contribution in [1.82, 2.24) is 0 Å². The summed E-state index contributed by atoms with van der Waals surface area (Å²) in [6.45, 7) is -0.169. The third-order valence-electron chi connectivity index (χ3n) is 5.65. The van der Waals surface area contributed by atoms with Crippen molar-refractivity contribution < 1.29 is 37.7 Å². The first kappa shape index (κ1) is 23.3. The van der Waals surface area contributed by atoms with E-state index < -0.39 is 36.0 Å². The predicted octanol–water partition coefficient (Wildman–Crippen LogP) is 4.04. The molecule has 5 nitrogen and oxygen atoms in total. The lowest BCUT2D eigenvalue weighted by Crippen LogP contribution is -2.25. The zero-order chi connectivity index (χ0) is 22.4. The van der Waals surface area contributed by atoms with Gasteiger partial charge in [-0.25, -0.2) is 0 Å². The number of hydrogen-bond acceptors (Lipinski definition) is 5. The Labute approximate surface area is 179 Å². The van der Waals surface area contributed by atoms with Crippen LogP contribution in [0.4, 0.5) is 13.2 Å². The van der Waals surface area contributed by atoms with E-state index in [9.17, 15) is 28.2 Å². The zero-order valence-corrected chi connectivity index (χ0v) is 17.0. The van der Waals surface area contributed by atoms with E-state index in [1.165, 1.54) is 12.1 Å². The molecule has 1 aliphatic heterocycles. The van der Waals surface area contributed by atoms with Crippen molar-refractivity contribution in [1.29, 1.82) is 0 Å². The van der Waals surface area contributed by atoms with Crippen LogP contribution in [0, 0.1) is 11.8 Å². The molecule has 8 heteroatoms. The molecule has 31 heavy (non-hydrogen) atoms. The summed E-state index contributed by atoms with van der Waals surface area (Å²) >= 11 is 0. The fourth-order valence-electron chi connectivity index (χ4n) is 3.99. The number of hydrogen-bond donors (Lipinski definition) is 2. The SMILES string of the molecule is O=C1CCCC=CC[C@@H]2C(C=C[C@@H](COc3cccc(C(F)(F)F)c3)O1)[C@H](O)C[C@@H]2O. The van der Waals surface area contributed by atoms with Gasteiger partial charge in [0.2, 0.25) is 0 Å². The van der Waals surface area contributed by atoms with E-state index in [1.807, 2.05) is 12.2 Å². The molecule has 1 heterocycles. The van der Waals surface area contributed by atoms with Crippen LogP contribution in [-0.2, 0) is 15.7 Å². The quantitative estimate of drug-likeness (QED) is 0.548. The first-order chi connectivity index (χ1) is 14.7. The van der Waals surface area contributed by atoms with E-state index in [1.54, 1.807) is 12.2 Å². The lowest BCUT2D eigenvalue weighted by atomic mass is 9.89. The Morgan fingerprint density at radius 1 is 1.13 bits per heavy atom. The second kappa shape index (κ2) is 10.3. The molecule has 5 atom stereocenters. The lowest BCUT2D eigenvalue weighted by Gasteiger charge is -2.21. The Morgan fingerprint density at radius 2 is 1.94 bits per heavy atom. The number of benzene rings is 1. The molecule has 0 radical (unpaired) electrons. The van der Waals surface area contributed by atoms with Gasteiger partial charge in [-0.05, 0) is 49.5 Å². The van der Waals surface area contributed by atoms with Crippen molar-refractivity contribution in [3.8, 4) is 5.75 Å². The van der Waals surface area contributed by atoms with E-state index in [0.717, 1.165) is 12.1 Å². The number of aliphatic hydroxyl groups is 2. The van der Waals surface area contributed by atoms with Crippen LogP contribution in [-0.4, -0.2) is 41.1 Å². The molecule has 0 spiro atoms. The number of alkyl halides is 3. The summed E-state index contributed by atoms with van der Waals surface area (Å²) in [5, 5.41) is 20.6. The topological polar surface area (TPSA) is 76.0 Å². The summed E-state index contributed by atoms with van der Waals surface area (Å²) < 4.78 is 49.7. The number of carbonyl (C=O) groups is 1. The first-order valence-electron chi connectivity index (χ1n) is 10.4. The van der Waals surface area contributed by atoms with Gasteiger partial charge in [0, 0.05) is 18.8 Å². The van der Waals surface area contributed by atoms with Gasteiger partial charge in [0.05, 0.1) is 17.8 Å². The number of cyclic esters (lactones) is 1. The van der Waals surface area contributed by atoms with Gasteiger partial charge < -0.3 is 19.7 Å². The minimum absolute atomic E-state index is 0.0144. The van der Waals surface area contributed by atoms with Gasteiger partial charge in [-0.1, -0.05) is 24.3 Å². The molecule has 1 saturated carbocycles. The van der Waals surface area contributed by atoms with Gasteiger partial charge in [-0.2, -0.15) is 13.2 Å². The van der Waals surface area contributed by atoms with Gasteiger partial charge in [-0.15, -0.1) is 0 Å². The van der Waals surface area contributed by atoms with Crippen molar-refractivity contribution in [2.45, 2.75) is 56.6 Å². The Bertz CT molecular complexity index is 805. The molecule has 0 bridgehead atoms. The standard InChI is InChI=1S/C23H27F3O5/c24-23(25,26)15-6-5-7-16(12-15)30-14-17-10-11-19-18(20(27)13-21(19)28)8-3-1-2-4-9-22(29)31-17/h1,3,5-7,10-12,17-21,27-28H,2,4,8-9,13-14H2/t17-,18+,19?,20-,21+/m0/s1. The van der Waals surface area contributed by atoms with E-state index in [2.05, 4.69) is 0 Å². The summed E-state index contributed by atoms with van der Waals surface area (Å²) in [6.07, 6.45) is 2.89. The number of fused-ring (bicyclic) bond motifs is 1. The molecule has 2 aliphatic rings. The van der Waals surface area contributed by atoms with E-state index in [4.69, 9.17) is 9.47 Å². The summed E-state index contributed by atoms with van der Waals surface area (Å²) in [4.78, 5) is 12.2. The molecular formula is C23H27F3O5. The smallest absolute Gasteiger partial charge is 0.416 e. The molecular weight excluding hydrogens is 413 g/mol. The summed E-state index contributed by atoms with van der Waals surface area (Å²) in [7, 11) is 0. The Hall–Kier alpha value is -2.32. The van der Waals surface area contributed by atoms with E-state index in [-0.39, 0.29) is 37.0 Å². The van der Waals surface area contributed by atoms with Crippen molar-refractivity contribution in [2.75, 3.05) is 6.61 Å². The highest BCUT2D eigenvalue weighted by molar-refractivity contribution is 5.69. The van der Waals surface area contributed by atoms with Crippen LogP contribution >= 0.6 is 0 Å². The number of rotatable bonds is 3. The van der Waals surface area contributed by atoms with Crippen LogP contribution in [0.1, 0.15) is 37.7 Å². The summed E-state index contributed by atoms with van der Waals surface area (Å²) in [5.41, 5.74) is -0.828. The molecule has 1 aliphatic carbocycles. The van der Waals surface area contributed by atoms with Gasteiger partial charge in [0.15, 0.2) is 6.10 Å². The van der Waals surface area contributed by atoms with E-state index in [0.29, 0.717) is 19.3 Å². The summed E-state index contributed by atoms with van der Waals surface area (Å²) in [5.74, 6) is -0.904. The molecule has 1 unspecified atom stereocenters. The number of halogens is 3. The monoisotopic (exact) mass is 440 g/mol. The van der Waals surface area contributed by atoms with Gasteiger partial charge in [0.25, 0.3) is 0 Å². The Kier molecular flexibility index (Phi) is 7.78. The average Bonchev–Trinajstić information content (AvgIpc) is 2.98. The molecule has 1 fully saturated rings. The molecule has 2 N–H and O–H groups in total. The van der Waals surface area contributed by atoms with Crippen molar-refractivity contribution >= 4 is 5.97 Å². The van der Waals surface area contributed by atoms with Crippen LogP contribution in [0.5, 0.6) is 5.75 Å². The van der Waals surface area contributed by atoms with Crippen LogP contribution in [0.25, 0.3) is 0 Å². The van der Waals surface area contributed by atoms with Gasteiger partial charge in [-0.3, -0.25) is 4.79 Å². The Morgan fingerprint density at radius 3 is 2.71 bits per heavy atom.